The molecule has 9 nitrogen and oxygen atoms in total. The zero-order valence-corrected chi connectivity index (χ0v) is 22.3. The average molecular weight is 566 g/mol. The van der Waals surface area contributed by atoms with E-state index in [1.807, 2.05) is 13.8 Å². The van der Waals surface area contributed by atoms with Crippen molar-refractivity contribution in [1.82, 2.24) is 24.9 Å². The number of aromatic nitrogens is 4. The second kappa shape index (κ2) is 12.7. The summed E-state index contributed by atoms with van der Waals surface area (Å²) in [5.41, 5.74) is -0.934. The van der Waals surface area contributed by atoms with Crippen LogP contribution in [0.15, 0.2) is 48.9 Å². The van der Waals surface area contributed by atoms with Crippen LogP contribution in [-0.2, 0) is 15.7 Å². The molecule has 1 aromatic carbocycles. The van der Waals surface area contributed by atoms with Crippen LogP contribution >= 0.6 is 0 Å². The number of nitrogens with zero attached hydrogens (tertiary/aromatic N) is 5. The summed E-state index contributed by atoms with van der Waals surface area (Å²) in [6.45, 7) is 4.02. The maximum absolute atomic E-state index is 15.1. The predicted molar refractivity (Wildman–Crippen MR) is 135 cm³/mol. The quantitative estimate of drug-likeness (QED) is 0.196. The van der Waals surface area contributed by atoms with E-state index in [0.717, 1.165) is 23.4 Å². The van der Waals surface area contributed by atoms with Crippen molar-refractivity contribution in [3.8, 4) is 11.6 Å². The monoisotopic (exact) mass is 565 g/mol. The molecule has 4 rings (SSSR count). The Kier molecular flexibility index (Phi) is 9.36. The van der Waals surface area contributed by atoms with Gasteiger partial charge in [-0.2, -0.15) is 23.4 Å². The van der Waals surface area contributed by atoms with E-state index in [-0.39, 0.29) is 36.4 Å². The maximum Gasteiger partial charge on any atom is 0.417 e. The molecular formula is C27H31F4N5O4. The maximum atomic E-state index is 15.1. The number of carbonyl (C=O) groups is 1. The van der Waals surface area contributed by atoms with Crippen molar-refractivity contribution >= 4 is 5.91 Å². The lowest BCUT2D eigenvalue weighted by Gasteiger charge is -2.47. The van der Waals surface area contributed by atoms with Gasteiger partial charge in [-0.1, -0.05) is 19.9 Å². The van der Waals surface area contributed by atoms with Crippen molar-refractivity contribution in [2.24, 2.45) is 5.92 Å². The number of hydrogen-bond acceptors (Lipinski definition) is 7. The number of amides is 1. The van der Waals surface area contributed by atoms with Gasteiger partial charge in [0.25, 0.3) is 5.91 Å². The highest BCUT2D eigenvalue weighted by atomic mass is 19.4. The third-order valence-corrected chi connectivity index (χ3v) is 7.02. The van der Waals surface area contributed by atoms with Gasteiger partial charge < -0.3 is 19.1 Å². The Morgan fingerprint density at radius 1 is 1.15 bits per heavy atom. The summed E-state index contributed by atoms with van der Waals surface area (Å²) in [4.78, 5) is 20.9. The molecule has 1 aliphatic heterocycles. The topological polar surface area (TPSA) is 91.6 Å². The van der Waals surface area contributed by atoms with Crippen molar-refractivity contribution in [3.05, 3.63) is 65.9 Å². The Morgan fingerprint density at radius 3 is 2.52 bits per heavy atom. The molecule has 4 unspecified atom stereocenters. The predicted octanol–water partition coefficient (Wildman–Crippen LogP) is 4.91. The number of piperidine rings is 1. The highest BCUT2D eigenvalue weighted by molar-refractivity contribution is 5.98. The first-order valence-electron chi connectivity index (χ1n) is 12.9. The minimum atomic E-state index is -4.53. The molecule has 3 aromatic rings. The smallest absolute Gasteiger partial charge is 0.417 e. The highest BCUT2D eigenvalue weighted by Gasteiger charge is 2.43. The van der Waals surface area contributed by atoms with Crippen LogP contribution in [0.25, 0.3) is 5.69 Å². The van der Waals surface area contributed by atoms with E-state index in [4.69, 9.17) is 14.2 Å². The Hall–Kier alpha value is -3.58. The zero-order chi connectivity index (χ0) is 28.9. The summed E-state index contributed by atoms with van der Waals surface area (Å²) in [6, 6.07) is 5.28. The van der Waals surface area contributed by atoms with Crippen molar-refractivity contribution in [3.63, 3.8) is 0 Å². The standard InChI is InChI=1S/C27H31F4N5O4/c1-4-23(40-24-11-9-18(14-32-24)27(29,30)31)21-10-8-17(2)22(15-39-16-38-3)35(21)26(37)19-6-5-7-20(28)25(19)36-33-12-13-34-36/h5-7,9,11-14,17,21-23H,4,8,10,15-16H2,1-3H3. The van der Waals surface area contributed by atoms with E-state index >= 15 is 4.39 Å². The molecule has 2 aromatic heterocycles. The SMILES string of the molecule is CCC(Oc1ccc(C(F)(F)F)cn1)C1CCC(C)C(COCOC)N1C(=O)c1cccc(F)c1-n1nccn1. The highest BCUT2D eigenvalue weighted by Crippen LogP contribution is 2.35. The third-order valence-electron chi connectivity index (χ3n) is 7.02. The van der Waals surface area contributed by atoms with Crippen LogP contribution in [0.1, 0.15) is 49.0 Å². The summed E-state index contributed by atoms with van der Waals surface area (Å²) in [6.07, 6.45) is 0.0199. The fraction of sp³-hybridized carbons (Fsp3) is 0.481. The van der Waals surface area contributed by atoms with Crippen molar-refractivity contribution in [1.29, 1.82) is 0 Å². The molecule has 0 aliphatic carbocycles. The van der Waals surface area contributed by atoms with Crippen molar-refractivity contribution in [2.45, 2.75) is 57.5 Å². The molecule has 1 fully saturated rings. The number of hydrogen-bond donors (Lipinski definition) is 0. The van der Waals surface area contributed by atoms with Gasteiger partial charge in [-0.25, -0.2) is 9.37 Å². The van der Waals surface area contributed by atoms with Crippen LogP contribution in [0, 0.1) is 11.7 Å². The summed E-state index contributed by atoms with van der Waals surface area (Å²) < 4.78 is 70.9. The number of alkyl halides is 3. The molecule has 1 amide bonds. The third kappa shape index (κ3) is 6.41. The van der Waals surface area contributed by atoms with Gasteiger partial charge in [-0.15, -0.1) is 4.80 Å². The zero-order valence-electron chi connectivity index (χ0n) is 22.3. The fourth-order valence-electron chi connectivity index (χ4n) is 5.02. The van der Waals surface area contributed by atoms with Gasteiger partial charge in [0.1, 0.15) is 18.6 Å². The number of benzene rings is 1. The minimum Gasteiger partial charge on any atom is -0.472 e. The number of carbonyl (C=O) groups excluding carboxylic acids is 1. The van der Waals surface area contributed by atoms with Gasteiger partial charge in [0, 0.05) is 19.4 Å². The molecule has 40 heavy (non-hydrogen) atoms. The van der Waals surface area contributed by atoms with E-state index in [9.17, 15) is 18.0 Å². The van der Waals surface area contributed by atoms with Gasteiger partial charge in [0.05, 0.1) is 42.2 Å². The van der Waals surface area contributed by atoms with Crippen LogP contribution in [0.3, 0.4) is 0 Å². The van der Waals surface area contributed by atoms with E-state index in [1.165, 1.54) is 37.7 Å². The van der Waals surface area contributed by atoms with Crippen LogP contribution in [0.4, 0.5) is 17.6 Å². The summed E-state index contributed by atoms with van der Waals surface area (Å²) in [5, 5.41) is 8.04. The number of pyridine rings is 1. The molecule has 1 saturated heterocycles. The molecule has 216 valence electrons. The summed E-state index contributed by atoms with van der Waals surface area (Å²) in [5.74, 6) is -1.13. The fourth-order valence-corrected chi connectivity index (χ4v) is 5.02. The minimum absolute atomic E-state index is 0.00485. The van der Waals surface area contributed by atoms with Crippen molar-refractivity contribution in [2.75, 3.05) is 20.5 Å². The molecule has 0 radical (unpaired) electrons. The van der Waals surface area contributed by atoms with Crippen LogP contribution in [0.5, 0.6) is 5.88 Å². The van der Waals surface area contributed by atoms with E-state index in [0.29, 0.717) is 19.0 Å². The lowest BCUT2D eigenvalue weighted by atomic mass is 9.83. The van der Waals surface area contributed by atoms with Crippen LogP contribution in [-0.4, -0.2) is 69.5 Å². The van der Waals surface area contributed by atoms with E-state index in [1.54, 1.807) is 4.90 Å². The number of para-hydroxylation sites is 1. The normalized spacial score (nSPS) is 20.4. The van der Waals surface area contributed by atoms with Gasteiger partial charge in [-0.05, 0) is 43.4 Å². The average Bonchev–Trinajstić information content (AvgIpc) is 3.46. The van der Waals surface area contributed by atoms with E-state index in [2.05, 4.69) is 15.2 Å². The summed E-state index contributed by atoms with van der Waals surface area (Å²) >= 11 is 0. The second-order valence-corrected chi connectivity index (χ2v) is 9.58. The van der Waals surface area contributed by atoms with Gasteiger partial charge >= 0.3 is 6.18 Å². The van der Waals surface area contributed by atoms with Crippen molar-refractivity contribution < 1.29 is 36.6 Å². The largest absolute Gasteiger partial charge is 0.472 e. The number of methoxy groups -OCH3 is 1. The van der Waals surface area contributed by atoms with Gasteiger partial charge in [-0.3, -0.25) is 4.79 Å². The second-order valence-electron chi connectivity index (χ2n) is 9.58. The molecule has 4 atom stereocenters. The molecule has 0 spiro atoms. The van der Waals surface area contributed by atoms with E-state index < -0.39 is 41.7 Å². The van der Waals surface area contributed by atoms with Gasteiger partial charge in [0.15, 0.2) is 5.82 Å². The lowest BCUT2D eigenvalue weighted by Crippen LogP contribution is -2.60. The Labute approximate surface area is 229 Å². The first-order chi connectivity index (χ1) is 19.2. The molecule has 13 heteroatoms. The molecular weight excluding hydrogens is 534 g/mol. The molecule has 0 bridgehead atoms. The van der Waals surface area contributed by atoms with Crippen LogP contribution in [0.2, 0.25) is 0 Å². The lowest BCUT2D eigenvalue weighted by molar-refractivity contribution is -0.137. The number of likely N-dealkylation sites (tertiary alicyclic amines) is 1. The Balaban J connectivity index is 1.72. The van der Waals surface area contributed by atoms with Gasteiger partial charge in [0.2, 0.25) is 5.88 Å². The number of rotatable bonds is 10. The Morgan fingerprint density at radius 2 is 1.90 bits per heavy atom. The Bertz CT molecular complexity index is 1260. The molecule has 0 saturated carbocycles. The van der Waals surface area contributed by atoms with Crippen LogP contribution < -0.4 is 4.74 Å². The number of halogens is 4. The molecule has 0 N–H and O–H groups in total. The summed E-state index contributed by atoms with van der Waals surface area (Å²) in [7, 11) is 1.49. The molecule has 3 heterocycles. The first kappa shape index (κ1) is 29.4. The number of ether oxygens (including phenoxy) is 3. The molecule has 1 aliphatic rings. The first-order valence-corrected chi connectivity index (χ1v) is 12.9.